The van der Waals surface area contributed by atoms with Crippen LogP contribution in [0, 0.1) is 29.1 Å². The summed E-state index contributed by atoms with van der Waals surface area (Å²) in [7, 11) is 0. The van der Waals surface area contributed by atoms with Crippen molar-refractivity contribution in [3.8, 4) is 5.75 Å². The van der Waals surface area contributed by atoms with Crippen molar-refractivity contribution >= 4 is 5.97 Å². The Hall–Kier alpha value is -1.90. The molecule has 9 heteroatoms. The predicted molar refractivity (Wildman–Crippen MR) is 53.8 cm³/mol. The van der Waals surface area contributed by atoms with Crippen molar-refractivity contribution in [1.29, 1.82) is 0 Å². The van der Waals surface area contributed by atoms with Crippen LogP contribution in [0.2, 0.25) is 0 Å². The van der Waals surface area contributed by atoms with Gasteiger partial charge in [-0.2, -0.15) is 8.78 Å². The van der Waals surface area contributed by atoms with E-state index in [1.165, 1.54) is 0 Å². The topological polar surface area (TPSA) is 83.6 Å². The molecule has 0 saturated heterocycles. The highest BCUT2D eigenvalue weighted by Crippen LogP contribution is 2.27. The van der Waals surface area contributed by atoms with Crippen LogP contribution in [0.1, 0.15) is 12.8 Å². The van der Waals surface area contributed by atoms with Crippen molar-refractivity contribution < 1.29 is 37.0 Å². The standard InChI is InChI=1S/C6HF5O.C4H9NO2/c7-1-2(8)4(10)6(12)5(11)3(1)9;5-3-1-2-4(6)7/h12H;1-3,5H2,(H,6,7). The Labute approximate surface area is 104 Å². The number of carbonyl (C=O) groups is 1. The van der Waals surface area contributed by atoms with Crippen molar-refractivity contribution in [2.45, 2.75) is 12.8 Å². The van der Waals surface area contributed by atoms with E-state index in [9.17, 15) is 26.7 Å². The van der Waals surface area contributed by atoms with Gasteiger partial charge in [0.05, 0.1) is 0 Å². The molecule has 0 radical (unpaired) electrons. The van der Waals surface area contributed by atoms with Crippen LogP contribution in [0.25, 0.3) is 0 Å². The zero-order chi connectivity index (χ0) is 15.2. The van der Waals surface area contributed by atoms with Crippen LogP contribution in [0.5, 0.6) is 5.75 Å². The Morgan fingerprint density at radius 1 is 0.947 bits per heavy atom. The van der Waals surface area contributed by atoms with Crippen molar-refractivity contribution in [3.05, 3.63) is 29.1 Å². The summed E-state index contributed by atoms with van der Waals surface area (Å²) in [5.41, 5.74) is 5.01. The lowest BCUT2D eigenvalue weighted by Gasteiger charge is -2.00. The van der Waals surface area contributed by atoms with Crippen LogP contribution in [0.3, 0.4) is 0 Å². The van der Waals surface area contributed by atoms with Gasteiger partial charge in [-0.05, 0) is 13.0 Å². The second-order valence-electron chi connectivity index (χ2n) is 3.20. The first-order valence-electron chi connectivity index (χ1n) is 4.86. The third-order valence-corrected chi connectivity index (χ3v) is 1.78. The fourth-order valence-corrected chi connectivity index (χ4v) is 0.847. The second kappa shape index (κ2) is 7.52. The maximum absolute atomic E-state index is 12.2. The molecule has 0 heterocycles. The Morgan fingerprint density at radius 3 is 1.58 bits per heavy atom. The SMILES string of the molecule is NCCCC(=O)O.Oc1c(F)c(F)c(F)c(F)c1F. The summed E-state index contributed by atoms with van der Waals surface area (Å²) in [6.07, 6.45) is 0.770. The number of hydrogen-bond acceptors (Lipinski definition) is 3. The maximum atomic E-state index is 12.2. The fraction of sp³-hybridized carbons (Fsp3) is 0.300. The summed E-state index contributed by atoms with van der Waals surface area (Å²) in [5, 5.41) is 16.3. The third-order valence-electron chi connectivity index (χ3n) is 1.78. The van der Waals surface area contributed by atoms with Crippen LogP contribution in [-0.4, -0.2) is 22.7 Å². The highest BCUT2D eigenvalue weighted by Gasteiger charge is 2.24. The minimum atomic E-state index is -2.29. The van der Waals surface area contributed by atoms with Gasteiger partial charge in [0.15, 0.2) is 5.75 Å². The van der Waals surface area contributed by atoms with Gasteiger partial charge in [-0.1, -0.05) is 0 Å². The molecule has 0 amide bonds. The normalized spacial score (nSPS) is 9.79. The molecule has 0 bridgehead atoms. The third kappa shape index (κ3) is 4.70. The average Bonchev–Trinajstić information content (AvgIpc) is 2.39. The Kier molecular flexibility index (Phi) is 6.76. The molecule has 0 aliphatic rings. The van der Waals surface area contributed by atoms with Crippen LogP contribution in [0.15, 0.2) is 0 Å². The van der Waals surface area contributed by atoms with E-state index >= 15 is 0 Å². The molecule has 19 heavy (non-hydrogen) atoms. The van der Waals surface area contributed by atoms with Gasteiger partial charge in [0, 0.05) is 6.42 Å². The van der Waals surface area contributed by atoms with Crippen molar-refractivity contribution in [1.82, 2.24) is 0 Å². The maximum Gasteiger partial charge on any atom is 0.303 e. The number of phenols is 1. The van der Waals surface area contributed by atoms with Gasteiger partial charge in [-0.25, -0.2) is 13.2 Å². The number of nitrogens with two attached hydrogens (primary N) is 1. The molecule has 1 aromatic carbocycles. The predicted octanol–water partition coefficient (Wildman–Crippen LogP) is 1.90. The van der Waals surface area contributed by atoms with Crippen LogP contribution in [0.4, 0.5) is 22.0 Å². The second-order valence-corrected chi connectivity index (χ2v) is 3.20. The van der Waals surface area contributed by atoms with Gasteiger partial charge in [-0.15, -0.1) is 0 Å². The van der Waals surface area contributed by atoms with E-state index in [4.69, 9.17) is 15.9 Å². The van der Waals surface area contributed by atoms with Crippen molar-refractivity contribution in [3.63, 3.8) is 0 Å². The first-order chi connectivity index (χ1) is 8.73. The molecule has 108 valence electrons. The molecule has 0 saturated carbocycles. The van der Waals surface area contributed by atoms with Gasteiger partial charge in [0.2, 0.25) is 29.1 Å². The van der Waals surface area contributed by atoms with E-state index < -0.39 is 40.8 Å². The van der Waals surface area contributed by atoms with E-state index in [2.05, 4.69) is 0 Å². The minimum absolute atomic E-state index is 0.191. The summed E-state index contributed by atoms with van der Waals surface area (Å²) < 4.78 is 60.6. The van der Waals surface area contributed by atoms with Crippen LogP contribution >= 0.6 is 0 Å². The number of rotatable bonds is 3. The summed E-state index contributed by atoms with van der Waals surface area (Å²) in [4.78, 5) is 9.70. The van der Waals surface area contributed by atoms with Crippen LogP contribution < -0.4 is 5.73 Å². The van der Waals surface area contributed by atoms with Crippen LogP contribution in [-0.2, 0) is 4.79 Å². The number of aliphatic carboxylic acids is 1. The molecule has 0 aromatic heterocycles. The molecule has 0 atom stereocenters. The smallest absolute Gasteiger partial charge is 0.303 e. The molecule has 4 N–H and O–H groups in total. The zero-order valence-corrected chi connectivity index (χ0v) is 9.39. The number of carboxylic acids is 1. The van der Waals surface area contributed by atoms with Gasteiger partial charge >= 0.3 is 5.97 Å². The Bertz CT molecular complexity index is 362. The first-order valence-corrected chi connectivity index (χ1v) is 4.86. The van der Waals surface area contributed by atoms with E-state index in [1.54, 1.807) is 0 Å². The van der Waals surface area contributed by atoms with Gasteiger partial charge in [-0.3, -0.25) is 4.79 Å². The van der Waals surface area contributed by atoms with Crippen molar-refractivity contribution in [2.24, 2.45) is 5.73 Å². The summed E-state index contributed by atoms with van der Waals surface area (Å²) in [5.74, 6) is -13.7. The Morgan fingerprint density at radius 2 is 1.32 bits per heavy atom. The van der Waals surface area contributed by atoms with E-state index in [-0.39, 0.29) is 6.42 Å². The van der Waals surface area contributed by atoms with Crippen molar-refractivity contribution in [2.75, 3.05) is 6.54 Å². The summed E-state index contributed by atoms with van der Waals surface area (Å²) in [6, 6.07) is 0. The quantitative estimate of drug-likeness (QED) is 0.450. The molecular weight excluding hydrogens is 277 g/mol. The number of aromatic hydroxyl groups is 1. The zero-order valence-electron chi connectivity index (χ0n) is 9.39. The fourth-order valence-electron chi connectivity index (χ4n) is 0.847. The molecular formula is C10H10F5NO3. The summed E-state index contributed by atoms with van der Waals surface area (Å²) >= 11 is 0. The average molecular weight is 287 g/mol. The molecule has 0 aliphatic carbocycles. The largest absolute Gasteiger partial charge is 0.503 e. The molecule has 0 fully saturated rings. The number of carboxylic acid groups (broad SMARTS) is 1. The lowest BCUT2D eigenvalue weighted by Crippen LogP contribution is -2.02. The highest BCUT2D eigenvalue weighted by molar-refractivity contribution is 5.66. The lowest BCUT2D eigenvalue weighted by atomic mass is 10.3. The molecule has 0 unspecified atom stereocenters. The number of benzene rings is 1. The van der Waals surface area contributed by atoms with E-state index in [0.717, 1.165) is 0 Å². The summed E-state index contributed by atoms with van der Waals surface area (Å²) in [6.45, 7) is 0.465. The molecule has 4 nitrogen and oxygen atoms in total. The van der Waals surface area contributed by atoms with E-state index in [0.29, 0.717) is 13.0 Å². The number of phenolic OH excluding ortho intramolecular Hbond substituents is 1. The molecule has 0 spiro atoms. The Balaban J connectivity index is 0.000000399. The first kappa shape index (κ1) is 17.1. The molecule has 1 rings (SSSR count). The van der Waals surface area contributed by atoms with Gasteiger partial charge in [0.25, 0.3) is 0 Å². The molecule has 0 aliphatic heterocycles. The van der Waals surface area contributed by atoms with E-state index in [1.807, 2.05) is 0 Å². The monoisotopic (exact) mass is 287 g/mol. The van der Waals surface area contributed by atoms with Gasteiger partial charge < -0.3 is 15.9 Å². The van der Waals surface area contributed by atoms with Gasteiger partial charge in [0.1, 0.15) is 0 Å². The number of halogens is 5. The lowest BCUT2D eigenvalue weighted by molar-refractivity contribution is -0.137. The molecule has 1 aromatic rings. The minimum Gasteiger partial charge on any atom is -0.503 e. The highest BCUT2D eigenvalue weighted by atomic mass is 19.2. The number of hydrogen-bond donors (Lipinski definition) is 3.